The molecule has 0 saturated heterocycles. The predicted molar refractivity (Wildman–Crippen MR) is 117 cm³/mol. The largest absolute Gasteiger partial charge is 0.462 e. The number of alkyl carbamates (subject to hydrolysis) is 1. The summed E-state index contributed by atoms with van der Waals surface area (Å²) in [6.45, 7) is 7.77. The van der Waals surface area contributed by atoms with Crippen molar-refractivity contribution in [2.24, 2.45) is 0 Å². The number of carbonyl (C=O) groups is 2. The van der Waals surface area contributed by atoms with Crippen molar-refractivity contribution < 1.29 is 19.1 Å². The van der Waals surface area contributed by atoms with Crippen molar-refractivity contribution in [1.29, 1.82) is 0 Å². The Hall–Kier alpha value is -2.82. The van der Waals surface area contributed by atoms with Crippen LogP contribution in [-0.2, 0) is 15.0 Å². The van der Waals surface area contributed by atoms with Crippen molar-refractivity contribution in [1.82, 2.24) is 5.32 Å². The van der Waals surface area contributed by atoms with Gasteiger partial charge >= 0.3 is 12.1 Å². The van der Waals surface area contributed by atoms with Gasteiger partial charge in [0.25, 0.3) is 0 Å². The molecule has 1 fully saturated rings. The summed E-state index contributed by atoms with van der Waals surface area (Å²) in [6.07, 6.45) is 3.59. The quantitative estimate of drug-likeness (QED) is 0.632. The Kier molecular flexibility index (Phi) is 6.49. The average molecular weight is 410 g/mol. The van der Waals surface area contributed by atoms with Gasteiger partial charge in [0.05, 0.1) is 17.7 Å². The SMILES string of the molecule is CCOC(=O)c1ccc(-c2ccc(C3(NC(=O)OC(C)(C)C)CCCC3)cc2)cc1. The van der Waals surface area contributed by atoms with Crippen LogP contribution in [-0.4, -0.2) is 24.3 Å². The third-order valence-electron chi connectivity index (χ3n) is 5.36. The minimum absolute atomic E-state index is 0.309. The number of carbonyl (C=O) groups excluding carboxylic acids is 2. The van der Waals surface area contributed by atoms with Crippen LogP contribution < -0.4 is 5.32 Å². The van der Waals surface area contributed by atoms with Crippen LogP contribution in [0.15, 0.2) is 48.5 Å². The first kappa shape index (κ1) is 21.9. The summed E-state index contributed by atoms with van der Waals surface area (Å²) in [4.78, 5) is 24.3. The van der Waals surface area contributed by atoms with Crippen LogP contribution in [0.1, 0.15) is 69.3 Å². The Balaban J connectivity index is 1.77. The molecule has 0 radical (unpaired) electrons. The Bertz CT molecular complexity index is 873. The molecule has 0 heterocycles. The van der Waals surface area contributed by atoms with E-state index in [0.29, 0.717) is 12.2 Å². The van der Waals surface area contributed by atoms with E-state index in [9.17, 15) is 9.59 Å². The van der Waals surface area contributed by atoms with Gasteiger partial charge in [0.1, 0.15) is 5.60 Å². The highest BCUT2D eigenvalue weighted by Gasteiger charge is 2.38. The molecule has 2 aromatic carbocycles. The number of ether oxygens (including phenoxy) is 2. The fourth-order valence-corrected chi connectivity index (χ4v) is 3.96. The number of esters is 1. The molecule has 3 rings (SSSR count). The molecule has 1 aliphatic carbocycles. The van der Waals surface area contributed by atoms with Gasteiger partial charge in [0.15, 0.2) is 0 Å². The second-order valence-corrected chi connectivity index (χ2v) is 8.79. The van der Waals surface area contributed by atoms with Crippen molar-refractivity contribution in [3.05, 3.63) is 59.7 Å². The van der Waals surface area contributed by atoms with Crippen LogP contribution in [0.4, 0.5) is 4.79 Å². The van der Waals surface area contributed by atoms with Crippen molar-refractivity contribution in [3.8, 4) is 11.1 Å². The van der Waals surface area contributed by atoms with E-state index in [1.165, 1.54) is 0 Å². The number of hydrogen-bond donors (Lipinski definition) is 1. The first-order valence-electron chi connectivity index (χ1n) is 10.6. The van der Waals surface area contributed by atoms with Crippen molar-refractivity contribution in [2.45, 2.75) is 64.5 Å². The summed E-state index contributed by atoms with van der Waals surface area (Å²) >= 11 is 0. The van der Waals surface area contributed by atoms with Gasteiger partial charge in [-0.2, -0.15) is 0 Å². The molecule has 0 spiro atoms. The minimum atomic E-state index is -0.524. The summed E-state index contributed by atoms with van der Waals surface area (Å²) in [6, 6.07) is 15.7. The molecule has 0 unspecified atom stereocenters. The van der Waals surface area contributed by atoms with E-state index < -0.39 is 5.60 Å². The molecular formula is C25H31NO4. The maximum Gasteiger partial charge on any atom is 0.408 e. The van der Waals surface area contributed by atoms with Crippen LogP contribution >= 0.6 is 0 Å². The normalized spacial score (nSPS) is 15.5. The Labute approximate surface area is 178 Å². The summed E-state index contributed by atoms with van der Waals surface area (Å²) in [7, 11) is 0. The first-order valence-corrected chi connectivity index (χ1v) is 10.6. The predicted octanol–water partition coefficient (Wildman–Crippen LogP) is 5.82. The van der Waals surface area contributed by atoms with Gasteiger partial charge < -0.3 is 14.8 Å². The number of amides is 1. The summed E-state index contributed by atoms with van der Waals surface area (Å²) in [5.74, 6) is -0.309. The molecule has 1 amide bonds. The van der Waals surface area contributed by atoms with Gasteiger partial charge in [0.2, 0.25) is 0 Å². The topological polar surface area (TPSA) is 64.6 Å². The maximum absolute atomic E-state index is 12.4. The van der Waals surface area contributed by atoms with Crippen LogP contribution in [0.3, 0.4) is 0 Å². The molecule has 5 nitrogen and oxygen atoms in total. The first-order chi connectivity index (χ1) is 14.2. The molecule has 0 aliphatic heterocycles. The van der Waals surface area contributed by atoms with E-state index in [1.54, 1.807) is 19.1 Å². The van der Waals surface area contributed by atoms with Crippen molar-refractivity contribution in [3.63, 3.8) is 0 Å². The summed E-state index contributed by atoms with van der Waals surface area (Å²) in [5.41, 5.74) is 2.81. The lowest BCUT2D eigenvalue weighted by Crippen LogP contribution is -2.46. The van der Waals surface area contributed by atoms with E-state index in [0.717, 1.165) is 42.4 Å². The number of hydrogen-bond acceptors (Lipinski definition) is 4. The van der Waals surface area contributed by atoms with Crippen LogP contribution in [0, 0.1) is 0 Å². The summed E-state index contributed by atoms with van der Waals surface area (Å²) in [5, 5.41) is 3.14. The van der Waals surface area contributed by atoms with Gasteiger partial charge in [0, 0.05) is 0 Å². The van der Waals surface area contributed by atoms with Gasteiger partial charge in [-0.05, 0) is 69.4 Å². The van der Waals surface area contributed by atoms with E-state index >= 15 is 0 Å². The Morgan fingerprint density at radius 3 is 1.97 bits per heavy atom. The molecule has 1 aliphatic rings. The fraction of sp³-hybridized carbons (Fsp3) is 0.440. The fourth-order valence-electron chi connectivity index (χ4n) is 3.96. The van der Waals surface area contributed by atoms with Crippen LogP contribution in [0.5, 0.6) is 0 Å². The molecule has 0 bridgehead atoms. The highest BCUT2D eigenvalue weighted by molar-refractivity contribution is 5.90. The molecule has 0 atom stereocenters. The van der Waals surface area contributed by atoms with E-state index in [2.05, 4.69) is 29.6 Å². The van der Waals surface area contributed by atoms with Crippen LogP contribution in [0.2, 0.25) is 0 Å². The molecular weight excluding hydrogens is 378 g/mol. The molecule has 1 saturated carbocycles. The zero-order chi connectivity index (χ0) is 21.8. The maximum atomic E-state index is 12.4. The second-order valence-electron chi connectivity index (χ2n) is 8.79. The standard InChI is InChI=1S/C25H31NO4/c1-5-29-22(27)20-10-8-18(9-11-20)19-12-14-21(15-13-19)25(16-6-7-17-25)26-23(28)30-24(2,3)4/h8-15H,5-7,16-17H2,1-4H3,(H,26,28). The van der Waals surface area contributed by atoms with Crippen molar-refractivity contribution in [2.75, 3.05) is 6.61 Å². The van der Waals surface area contributed by atoms with Gasteiger partial charge in [-0.15, -0.1) is 0 Å². The molecule has 30 heavy (non-hydrogen) atoms. The summed E-state index contributed by atoms with van der Waals surface area (Å²) < 4.78 is 10.5. The average Bonchev–Trinajstić information content (AvgIpc) is 3.16. The third kappa shape index (κ3) is 5.21. The lowest BCUT2D eigenvalue weighted by Gasteiger charge is -2.32. The molecule has 1 N–H and O–H groups in total. The number of benzene rings is 2. The Morgan fingerprint density at radius 2 is 1.47 bits per heavy atom. The number of rotatable bonds is 5. The van der Waals surface area contributed by atoms with Gasteiger partial charge in [-0.1, -0.05) is 49.2 Å². The van der Waals surface area contributed by atoms with Gasteiger partial charge in [-0.3, -0.25) is 0 Å². The number of nitrogens with one attached hydrogen (secondary N) is 1. The molecule has 0 aromatic heterocycles. The monoisotopic (exact) mass is 409 g/mol. The zero-order valence-corrected chi connectivity index (χ0v) is 18.3. The van der Waals surface area contributed by atoms with E-state index in [4.69, 9.17) is 9.47 Å². The lowest BCUT2D eigenvalue weighted by atomic mass is 9.87. The van der Waals surface area contributed by atoms with E-state index in [1.807, 2.05) is 32.9 Å². The van der Waals surface area contributed by atoms with Crippen molar-refractivity contribution >= 4 is 12.1 Å². The lowest BCUT2D eigenvalue weighted by molar-refractivity contribution is 0.0452. The molecule has 5 heteroatoms. The third-order valence-corrected chi connectivity index (χ3v) is 5.36. The molecule has 2 aromatic rings. The smallest absolute Gasteiger partial charge is 0.408 e. The van der Waals surface area contributed by atoms with Crippen LogP contribution in [0.25, 0.3) is 11.1 Å². The van der Waals surface area contributed by atoms with Gasteiger partial charge in [-0.25, -0.2) is 9.59 Å². The van der Waals surface area contributed by atoms with E-state index in [-0.39, 0.29) is 17.6 Å². The highest BCUT2D eigenvalue weighted by atomic mass is 16.6. The second kappa shape index (κ2) is 8.90. The zero-order valence-electron chi connectivity index (χ0n) is 18.3. The highest BCUT2D eigenvalue weighted by Crippen LogP contribution is 2.39. The minimum Gasteiger partial charge on any atom is -0.462 e. The molecule has 160 valence electrons. The Morgan fingerprint density at radius 1 is 0.933 bits per heavy atom.